The van der Waals surface area contributed by atoms with E-state index in [0.29, 0.717) is 12.2 Å². The first-order chi connectivity index (χ1) is 9.79. The molecule has 100 valence electrons. The average molecular weight is 282 g/mol. The molecule has 20 heavy (non-hydrogen) atoms. The summed E-state index contributed by atoms with van der Waals surface area (Å²) in [5, 5.41) is 4.28. The van der Waals surface area contributed by atoms with Gasteiger partial charge in [-0.15, -0.1) is 11.3 Å². The molecule has 0 fully saturated rings. The van der Waals surface area contributed by atoms with E-state index in [1.54, 1.807) is 11.3 Å². The largest absolute Gasteiger partial charge is 0.462 e. The van der Waals surface area contributed by atoms with Crippen molar-refractivity contribution in [1.82, 2.24) is 0 Å². The molecule has 0 saturated heterocycles. The Kier molecular flexibility index (Phi) is 3.52. The first-order valence-electron chi connectivity index (χ1n) is 6.53. The van der Waals surface area contributed by atoms with Gasteiger partial charge in [-0.2, -0.15) is 0 Å². The van der Waals surface area contributed by atoms with Gasteiger partial charge in [0, 0.05) is 4.88 Å². The van der Waals surface area contributed by atoms with Crippen LogP contribution in [0.2, 0.25) is 0 Å². The van der Waals surface area contributed by atoms with Crippen LogP contribution in [-0.2, 0) is 4.74 Å². The Labute approximate surface area is 121 Å². The lowest BCUT2D eigenvalue weighted by Gasteiger charge is -2.07. The highest BCUT2D eigenvalue weighted by atomic mass is 32.1. The van der Waals surface area contributed by atoms with Gasteiger partial charge in [0.25, 0.3) is 0 Å². The van der Waals surface area contributed by atoms with Crippen molar-refractivity contribution in [2.45, 2.75) is 6.92 Å². The van der Waals surface area contributed by atoms with Gasteiger partial charge < -0.3 is 4.74 Å². The quantitative estimate of drug-likeness (QED) is 0.648. The Morgan fingerprint density at radius 3 is 2.80 bits per heavy atom. The zero-order chi connectivity index (χ0) is 13.9. The Morgan fingerprint density at radius 1 is 1.15 bits per heavy atom. The van der Waals surface area contributed by atoms with Crippen LogP contribution in [0.1, 0.15) is 17.3 Å². The zero-order valence-corrected chi connectivity index (χ0v) is 11.9. The van der Waals surface area contributed by atoms with E-state index in [2.05, 4.69) is 17.5 Å². The minimum Gasteiger partial charge on any atom is -0.462 e. The van der Waals surface area contributed by atoms with Crippen LogP contribution in [0.4, 0.5) is 0 Å². The second-order valence-corrected chi connectivity index (χ2v) is 5.39. The van der Waals surface area contributed by atoms with Crippen molar-refractivity contribution < 1.29 is 9.53 Å². The number of esters is 1. The second kappa shape index (κ2) is 5.47. The van der Waals surface area contributed by atoms with Crippen molar-refractivity contribution in [2.75, 3.05) is 6.61 Å². The lowest BCUT2D eigenvalue weighted by molar-refractivity contribution is 0.0526. The molecule has 1 aromatic heterocycles. The van der Waals surface area contributed by atoms with E-state index in [1.807, 2.05) is 43.3 Å². The summed E-state index contributed by atoms with van der Waals surface area (Å²) in [7, 11) is 0. The first kappa shape index (κ1) is 12.9. The summed E-state index contributed by atoms with van der Waals surface area (Å²) in [4.78, 5) is 13.0. The predicted octanol–water partition coefficient (Wildman–Crippen LogP) is 4.75. The number of carbonyl (C=O) groups is 1. The van der Waals surface area contributed by atoms with E-state index >= 15 is 0 Å². The number of fused-ring (bicyclic) bond motifs is 1. The van der Waals surface area contributed by atoms with E-state index in [4.69, 9.17) is 4.74 Å². The number of carbonyl (C=O) groups excluding carboxylic acids is 1. The topological polar surface area (TPSA) is 26.3 Å². The molecule has 1 heterocycles. The summed E-state index contributed by atoms with van der Waals surface area (Å²) >= 11 is 1.72. The average Bonchev–Trinajstić information content (AvgIpc) is 3.00. The fourth-order valence-electron chi connectivity index (χ4n) is 2.27. The van der Waals surface area contributed by atoms with Crippen molar-refractivity contribution in [3.05, 3.63) is 59.5 Å². The van der Waals surface area contributed by atoms with E-state index in [-0.39, 0.29) is 5.97 Å². The van der Waals surface area contributed by atoms with E-state index < -0.39 is 0 Å². The van der Waals surface area contributed by atoms with Gasteiger partial charge in [0.15, 0.2) is 0 Å². The highest BCUT2D eigenvalue weighted by molar-refractivity contribution is 7.13. The standard InChI is InChI=1S/C17H14O2S/c1-2-19-17(18)13-8-9-14-12(11-13)5-3-6-15(14)16-7-4-10-20-16/h3-11H,2H2,1H3. The molecular formula is C17H14O2S. The van der Waals surface area contributed by atoms with Gasteiger partial charge in [-0.3, -0.25) is 0 Å². The van der Waals surface area contributed by atoms with Crippen LogP contribution in [0.25, 0.3) is 21.2 Å². The number of benzene rings is 2. The lowest BCUT2D eigenvalue weighted by Crippen LogP contribution is -2.04. The second-order valence-electron chi connectivity index (χ2n) is 4.44. The van der Waals surface area contributed by atoms with Crippen molar-refractivity contribution in [1.29, 1.82) is 0 Å². The van der Waals surface area contributed by atoms with Gasteiger partial charge in [0.1, 0.15) is 0 Å². The highest BCUT2D eigenvalue weighted by Gasteiger charge is 2.09. The first-order valence-corrected chi connectivity index (χ1v) is 7.41. The van der Waals surface area contributed by atoms with Crippen LogP contribution in [0, 0.1) is 0 Å². The summed E-state index contributed by atoms with van der Waals surface area (Å²) in [5.74, 6) is -0.268. The molecule has 2 nitrogen and oxygen atoms in total. The maximum absolute atomic E-state index is 11.8. The molecule has 0 saturated carbocycles. The van der Waals surface area contributed by atoms with Crippen molar-refractivity contribution >= 4 is 28.1 Å². The van der Waals surface area contributed by atoms with E-state index in [9.17, 15) is 4.79 Å². The molecule has 2 aromatic carbocycles. The molecule has 3 heteroatoms. The van der Waals surface area contributed by atoms with Gasteiger partial charge in [0.05, 0.1) is 12.2 Å². The van der Waals surface area contributed by atoms with Crippen LogP contribution in [-0.4, -0.2) is 12.6 Å². The minimum atomic E-state index is -0.268. The van der Waals surface area contributed by atoms with Crippen LogP contribution in [0.15, 0.2) is 53.9 Å². The maximum Gasteiger partial charge on any atom is 0.338 e. The third kappa shape index (κ3) is 2.32. The molecule has 0 spiro atoms. The summed E-state index contributed by atoms with van der Waals surface area (Å²) in [6.45, 7) is 2.21. The number of thiophene rings is 1. The molecule has 0 unspecified atom stereocenters. The lowest BCUT2D eigenvalue weighted by atomic mass is 10.0. The Hall–Kier alpha value is -2.13. The summed E-state index contributed by atoms with van der Waals surface area (Å²) in [6.07, 6.45) is 0. The smallest absolute Gasteiger partial charge is 0.338 e. The Bertz CT molecular complexity index is 745. The van der Waals surface area contributed by atoms with Gasteiger partial charge in [-0.05, 0) is 46.8 Å². The fourth-order valence-corrected chi connectivity index (χ4v) is 3.04. The minimum absolute atomic E-state index is 0.268. The third-order valence-electron chi connectivity index (χ3n) is 3.18. The van der Waals surface area contributed by atoms with Crippen LogP contribution >= 0.6 is 11.3 Å². The van der Waals surface area contributed by atoms with Crippen molar-refractivity contribution in [3.8, 4) is 10.4 Å². The van der Waals surface area contributed by atoms with E-state index in [1.165, 1.54) is 10.4 Å². The molecule has 3 rings (SSSR count). The molecule has 0 N–H and O–H groups in total. The molecular weight excluding hydrogens is 268 g/mol. The third-order valence-corrected chi connectivity index (χ3v) is 4.08. The molecule has 0 aliphatic carbocycles. The summed E-state index contributed by atoms with van der Waals surface area (Å²) < 4.78 is 5.04. The SMILES string of the molecule is CCOC(=O)c1ccc2c(-c3cccs3)cccc2c1. The van der Waals surface area contributed by atoms with Gasteiger partial charge >= 0.3 is 5.97 Å². The number of hydrogen-bond acceptors (Lipinski definition) is 3. The number of ether oxygens (including phenoxy) is 1. The summed E-state index contributed by atoms with van der Waals surface area (Å²) in [6, 6.07) is 16.0. The highest BCUT2D eigenvalue weighted by Crippen LogP contribution is 2.32. The summed E-state index contributed by atoms with van der Waals surface area (Å²) in [5.41, 5.74) is 1.80. The van der Waals surface area contributed by atoms with Gasteiger partial charge in [-0.25, -0.2) is 4.79 Å². The van der Waals surface area contributed by atoms with Crippen molar-refractivity contribution in [3.63, 3.8) is 0 Å². The van der Waals surface area contributed by atoms with Gasteiger partial charge in [0.2, 0.25) is 0 Å². The van der Waals surface area contributed by atoms with E-state index in [0.717, 1.165) is 10.8 Å². The molecule has 0 amide bonds. The molecule has 0 atom stereocenters. The van der Waals surface area contributed by atoms with Crippen LogP contribution < -0.4 is 0 Å². The van der Waals surface area contributed by atoms with Crippen LogP contribution in [0.3, 0.4) is 0 Å². The molecule has 0 radical (unpaired) electrons. The fraction of sp³-hybridized carbons (Fsp3) is 0.118. The normalized spacial score (nSPS) is 10.7. The Balaban J connectivity index is 2.11. The monoisotopic (exact) mass is 282 g/mol. The zero-order valence-electron chi connectivity index (χ0n) is 11.1. The predicted molar refractivity (Wildman–Crippen MR) is 83.2 cm³/mol. The van der Waals surface area contributed by atoms with Crippen LogP contribution in [0.5, 0.6) is 0 Å². The molecule has 3 aromatic rings. The molecule has 0 aliphatic rings. The van der Waals surface area contributed by atoms with Gasteiger partial charge in [-0.1, -0.05) is 30.3 Å². The van der Waals surface area contributed by atoms with Crippen molar-refractivity contribution in [2.24, 2.45) is 0 Å². The maximum atomic E-state index is 11.8. The Morgan fingerprint density at radius 2 is 2.05 bits per heavy atom. The number of rotatable bonds is 3. The number of hydrogen-bond donors (Lipinski definition) is 0. The molecule has 0 aliphatic heterocycles. The molecule has 0 bridgehead atoms.